The van der Waals surface area contributed by atoms with Crippen LogP contribution in [0.4, 0.5) is 5.82 Å². The van der Waals surface area contributed by atoms with Gasteiger partial charge in [0.1, 0.15) is 5.82 Å². The second-order valence-electron chi connectivity index (χ2n) is 3.92. The van der Waals surface area contributed by atoms with Crippen LogP contribution in [-0.4, -0.2) is 34.3 Å². The van der Waals surface area contributed by atoms with Gasteiger partial charge >= 0.3 is 0 Å². The highest BCUT2D eigenvalue weighted by Crippen LogP contribution is 2.26. The zero-order valence-electron chi connectivity index (χ0n) is 8.60. The number of hydrogen-bond donors (Lipinski definition) is 1. The Morgan fingerprint density at radius 1 is 1.53 bits per heavy atom. The predicted octanol–water partition coefficient (Wildman–Crippen LogP) is 1.48. The summed E-state index contributed by atoms with van der Waals surface area (Å²) in [5.74, 6) is 0.814. The lowest BCUT2D eigenvalue weighted by molar-refractivity contribution is 0.181. The van der Waals surface area contributed by atoms with E-state index in [1.165, 1.54) is 0 Å². The van der Waals surface area contributed by atoms with Crippen molar-refractivity contribution in [1.29, 1.82) is 0 Å². The highest BCUT2D eigenvalue weighted by Gasteiger charge is 2.26. The fourth-order valence-electron chi connectivity index (χ4n) is 2.00. The molecule has 2 unspecified atom stereocenters. The molecule has 1 N–H and O–H groups in total. The Balaban J connectivity index is 2.10. The standard InChI is InChI=1S/C10H14ClN3O/c1-14(7-2-3-8(15)6-7)9-4-5-12-10(11)13-9/h4-5,7-8,15H,2-3,6H2,1H3. The first kappa shape index (κ1) is 10.6. The summed E-state index contributed by atoms with van der Waals surface area (Å²) in [7, 11) is 1.97. The largest absolute Gasteiger partial charge is 0.393 e. The van der Waals surface area contributed by atoms with Crippen LogP contribution in [0.25, 0.3) is 0 Å². The Morgan fingerprint density at radius 3 is 2.93 bits per heavy atom. The van der Waals surface area contributed by atoms with Gasteiger partial charge in [0.05, 0.1) is 6.10 Å². The van der Waals surface area contributed by atoms with Gasteiger partial charge in [0.25, 0.3) is 0 Å². The Kier molecular flexibility index (Phi) is 3.07. The molecule has 1 saturated carbocycles. The van der Waals surface area contributed by atoms with E-state index in [4.69, 9.17) is 11.6 Å². The molecule has 4 nitrogen and oxygen atoms in total. The molecule has 0 amide bonds. The minimum Gasteiger partial charge on any atom is -0.393 e. The molecule has 0 radical (unpaired) electrons. The van der Waals surface area contributed by atoms with E-state index in [9.17, 15) is 5.11 Å². The van der Waals surface area contributed by atoms with E-state index in [-0.39, 0.29) is 11.4 Å². The third kappa shape index (κ3) is 2.38. The van der Waals surface area contributed by atoms with Crippen LogP contribution < -0.4 is 4.90 Å². The second-order valence-corrected chi connectivity index (χ2v) is 4.25. The minimum atomic E-state index is -0.172. The maximum atomic E-state index is 9.46. The average Bonchev–Trinajstić information content (AvgIpc) is 2.64. The molecule has 0 saturated heterocycles. The molecule has 1 aliphatic rings. The summed E-state index contributed by atoms with van der Waals surface area (Å²) in [6.45, 7) is 0. The Bertz CT molecular complexity index is 347. The highest BCUT2D eigenvalue weighted by molar-refractivity contribution is 6.28. The summed E-state index contributed by atoms with van der Waals surface area (Å²) in [4.78, 5) is 10.0. The van der Waals surface area contributed by atoms with E-state index < -0.39 is 0 Å². The molecule has 1 aromatic rings. The number of nitrogens with zero attached hydrogens (tertiary/aromatic N) is 3. The Hall–Kier alpha value is -0.870. The normalized spacial score (nSPS) is 25.5. The molecular weight excluding hydrogens is 214 g/mol. The zero-order valence-corrected chi connectivity index (χ0v) is 9.35. The fraction of sp³-hybridized carbons (Fsp3) is 0.600. The van der Waals surface area contributed by atoms with Crippen LogP contribution in [0, 0.1) is 0 Å². The van der Waals surface area contributed by atoms with E-state index in [1.54, 1.807) is 6.20 Å². The Labute approximate surface area is 93.9 Å². The third-order valence-corrected chi connectivity index (χ3v) is 3.08. The Morgan fingerprint density at radius 2 is 2.33 bits per heavy atom. The molecule has 0 spiro atoms. The van der Waals surface area contributed by atoms with Gasteiger partial charge in [-0.2, -0.15) is 0 Å². The average molecular weight is 228 g/mol. The lowest BCUT2D eigenvalue weighted by atomic mass is 10.2. The molecule has 2 atom stereocenters. The number of rotatable bonds is 2. The van der Waals surface area contributed by atoms with E-state index in [0.717, 1.165) is 25.1 Å². The van der Waals surface area contributed by atoms with Crippen molar-refractivity contribution < 1.29 is 5.11 Å². The first-order valence-corrected chi connectivity index (χ1v) is 5.44. The molecule has 2 rings (SSSR count). The fourth-order valence-corrected chi connectivity index (χ4v) is 2.14. The quantitative estimate of drug-likeness (QED) is 0.778. The van der Waals surface area contributed by atoms with Crippen LogP contribution in [0.15, 0.2) is 12.3 Å². The first-order chi connectivity index (χ1) is 7.16. The summed E-state index contributed by atoms with van der Waals surface area (Å²) in [6, 6.07) is 2.18. The molecule has 5 heteroatoms. The van der Waals surface area contributed by atoms with Gasteiger partial charge < -0.3 is 10.0 Å². The summed E-state index contributed by atoms with van der Waals surface area (Å²) < 4.78 is 0. The van der Waals surface area contributed by atoms with Gasteiger partial charge in [-0.3, -0.25) is 0 Å². The molecule has 0 aliphatic heterocycles. The van der Waals surface area contributed by atoms with Gasteiger partial charge in [-0.15, -0.1) is 0 Å². The van der Waals surface area contributed by atoms with Gasteiger partial charge in [0, 0.05) is 19.3 Å². The van der Waals surface area contributed by atoms with Crippen molar-refractivity contribution in [1.82, 2.24) is 9.97 Å². The second kappa shape index (κ2) is 4.33. The van der Waals surface area contributed by atoms with Crippen molar-refractivity contribution in [2.24, 2.45) is 0 Å². The number of aliphatic hydroxyl groups excluding tert-OH is 1. The van der Waals surface area contributed by atoms with Crippen LogP contribution in [0.1, 0.15) is 19.3 Å². The van der Waals surface area contributed by atoms with E-state index in [0.29, 0.717) is 6.04 Å². The molecule has 0 aromatic carbocycles. The third-order valence-electron chi connectivity index (χ3n) is 2.90. The zero-order chi connectivity index (χ0) is 10.8. The van der Waals surface area contributed by atoms with E-state index in [1.807, 2.05) is 13.1 Å². The first-order valence-electron chi connectivity index (χ1n) is 5.06. The van der Waals surface area contributed by atoms with Crippen molar-refractivity contribution in [3.8, 4) is 0 Å². The van der Waals surface area contributed by atoms with Gasteiger partial charge in [-0.05, 0) is 36.9 Å². The van der Waals surface area contributed by atoms with Gasteiger partial charge in [0.2, 0.25) is 5.28 Å². The SMILES string of the molecule is CN(c1ccnc(Cl)n1)C1CCC(O)C1. The van der Waals surface area contributed by atoms with Crippen LogP contribution in [0.5, 0.6) is 0 Å². The summed E-state index contributed by atoms with van der Waals surface area (Å²) in [5, 5.41) is 9.73. The molecule has 0 bridgehead atoms. The lowest BCUT2D eigenvalue weighted by Gasteiger charge is -2.25. The number of halogens is 1. The molecular formula is C10H14ClN3O. The van der Waals surface area contributed by atoms with Crippen LogP contribution in [0.2, 0.25) is 5.28 Å². The molecule has 1 aliphatic carbocycles. The summed E-state index contributed by atoms with van der Waals surface area (Å²) in [6.07, 6.45) is 4.15. The van der Waals surface area contributed by atoms with Gasteiger partial charge in [-0.1, -0.05) is 0 Å². The van der Waals surface area contributed by atoms with Crippen molar-refractivity contribution in [3.05, 3.63) is 17.5 Å². The maximum absolute atomic E-state index is 9.46. The van der Waals surface area contributed by atoms with Crippen molar-refractivity contribution in [2.45, 2.75) is 31.4 Å². The predicted molar refractivity (Wildman–Crippen MR) is 59.1 cm³/mol. The number of anilines is 1. The molecule has 15 heavy (non-hydrogen) atoms. The number of aromatic nitrogens is 2. The van der Waals surface area contributed by atoms with E-state index in [2.05, 4.69) is 14.9 Å². The smallest absolute Gasteiger partial charge is 0.224 e. The van der Waals surface area contributed by atoms with Crippen LogP contribution in [-0.2, 0) is 0 Å². The van der Waals surface area contributed by atoms with Crippen molar-refractivity contribution in [3.63, 3.8) is 0 Å². The van der Waals surface area contributed by atoms with Gasteiger partial charge in [-0.25, -0.2) is 9.97 Å². The van der Waals surface area contributed by atoms with Crippen molar-refractivity contribution >= 4 is 17.4 Å². The minimum absolute atomic E-state index is 0.172. The van der Waals surface area contributed by atoms with Gasteiger partial charge in [0.15, 0.2) is 0 Å². The monoisotopic (exact) mass is 227 g/mol. The van der Waals surface area contributed by atoms with E-state index >= 15 is 0 Å². The summed E-state index contributed by atoms with van der Waals surface area (Å²) >= 11 is 5.73. The highest BCUT2D eigenvalue weighted by atomic mass is 35.5. The maximum Gasteiger partial charge on any atom is 0.224 e. The molecule has 1 heterocycles. The van der Waals surface area contributed by atoms with Crippen LogP contribution >= 0.6 is 11.6 Å². The topological polar surface area (TPSA) is 49.2 Å². The lowest BCUT2D eigenvalue weighted by Crippen LogP contribution is -2.30. The molecule has 1 fully saturated rings. The van der Waals surface area contributed by atoms with Crippen LogP contribution in [0.3, 0.4) is 0 Å². The number of hydrogen-bond acceptors (Lipinski definition) is 4. The molecule has 82 valence electrons. The summed E-state index contributed by atoms with van der Waals surface area (Å²) in [5.41, 5.74) is 0. The number of aliphatic hydroxyl groups is 1. The molecule has 1 aromatic heterocycles. The van der Waals surface area contributed by atoms with Crippen molar-refractivity contribution in [2.75, 3.05) is 11.9 Å².